The van der Waals surface area contributed by atoms with E-state index in [0.717, 1.165) is 4.90 Å². The van der Waals surface area contributed by atoms with Crippen LogP contribution in [0.25, 0.3) is 0 Å². The van der Waals surface area contributed by atoms with Gasteiger partial charge in [0.1, 0.15) is 0 Å². The third kappa shape index (κ3) is 4.00. The summed E-state index contributed by atoms with van der Waals surface area (Å²) in [4.78, 5) is 24.0. The number of rotatable bonds is 2. The fourth-order valence-corrected chi connectivity index (χ4v) is 2.78. The Bertz CT molecular complexity index is 569. The number of hydrogen-bond acceptors (Lipinski definition) is 2. The van der Waals surface area contributed by atoms with Crippen molar-refractivity contribution >= 4 is 27.7 Å². The van der Waals surface area contributed by atoms with Gasteiger partial charge in [-0.25, -0.2) is 0 Å². The first-order chi connectivity index (χ1) is 10.3. The molecule has 0 aliphatic carbocycles. The summed E-state index contributed by atoms with van der Waals surface area (Å²) < 4.78 is 37.7. The van der Waals surface area contributed by atoms with Crippen LogP contribution in [0.5, 0.6) is 0 Å². The van der Waals surface area contributed by atoms with E-state index in [-0.39, 0.29) is 25.0 Å². The van der Waals surface area contributed by atoms with Crippen LogP contribution in [-0.2, 0) is 4.79 Å². The van der Waals surface area contributed by atoms with Crippen molar-refractivity contribution in [3.05, 3.63) is 34.3 Å². The summed E-state index contributed by atoms with van der Waals surface area (Å²) in [7, 11) is 0. The van der Waals surface area contributed by atoms with E-state index in [4.69, 9.17) is 0 Å². The highest BCUT2D eigenvalue weighted by molar-refractivity contribution is 9.10. The van der Waals surface area contributed by atoms with Crippen molar-refractivity contribution in [2.24, 2.45) is 0 Å². The van der Waals surface area contributed by atoms with Crippen LogP contribution in [-0.4, -0.2) is 42.0 Å². The van der Waals surface area contributed by atoms with E-state index in [1.54, 1.807) is 24.3 Å². The molecular weight excluding hydrogens is 365 g/mol. The maximum atomic E-state index is 12.3. The molecule has 0 spiro atoms. The number of hydrogen-bond donors (Lipinski definition) is 1. The average molecular weight is 379 g/mol. The molecule has 1 heterocycles. The first-order valence-electron chi connectivity index (χ1n) is 6.70. The lowest BCUT2D eigenvalue weighted by molar-refractivity contribution is -0.186. The van der Waals surface area contributed by atoms with Gasteiger partial charge in [0.05, 0.1) is 5.56 Å². The second-order valence-corrected chi connectivity index (χ2v) is 5.87. The molecule has 120 valence electrons. The van der Waals surface area contributed by atoms with Crippen LogP contribution >= 0.6 is 15.9 Å². The molecule has 1 aromatic carbocycles. The number of benzene rings is 1. The van der Waals surface area contributed by atoms with E-state index in [9.17, 15) is 22.8 Å². The van der Waals surface area contributed by atoms with Crippen molar-refractivity contribution in [3.8, 4) is 0 Å². The summed E-state index contributed by atoms with van der Waals surface area (Å²) in [6, 6.07) is 6.66. The maximum Gasteiger partial charge on any atom is 0.471 e. The summed E-state index contributed by atoms with van der Waals surface area (Å²) in [6.45, 7) is -0.0293. The number of carbonyl (C=O) groups is 2. The van der Waals surface area contributed by atoms with E-state index in [0.29, 0.717) is 22.9 Å². The van der Waals surface area contributed by atoms with Gasteiger partial charge in [-0.15, -0.1) is 0 Å². The van der Waals surface area contributed by atoms with Crippen molar-refractivity contribution in [1.29, 1.82) is 0 Å². The third-order valence-electron chi connectivity index (χ3n) is 3.48. The van der Waals surface area contributed by atoms with Gasteiger partial charge in [0, 0.05) is 23.6 Å². The van der Waals surface area contributed by atoms with E-state index in [1.807, 2.05) is 0 Å². The van der Waals surface area contributed by atoms with Gasteiger partial charge in [-0.1, -0.05) is 12.1 Å². The Labute approximate surface area is 133 Å². The van der Waals surface area contributed by atoms with Crippen LogP contribution in [0.15, 0.2) is 28.7 Å². The number of nitrogens with zero attached hydrogens (tertiary/aromatic N) is 1. The molecular formula is C14H14BrF3N2O2. The zero-order valence-corrected chi connectivity index (χ0v) is 13.1. The van der Waals surface area contributed by atoms with Crippen molar-refractivity contribution < 1.29 is 22.8 Å². The normalized spacial score (nSPS) is 16.5. The van der Waals surface area contributed by atoms with Crippen LogP contribution in [0, 0.1) is 0 Å². The van der Waals surface area contributed by atoms with Crippen molar-refractivity contribution in [3.63, 3.8) is 0 Å². The van der Waals surface area contributed by atoms with Gasteiger partial charge >= 0.3 is 12.1 Å². The smallest absolute Gasteiger partial charge is 0.349 e. The second kappa shape index (κ2) is 6.68. The largest absolute Gasteiger partial charge is 0.471 e. The highest BCUT2D eigenvalue weighted by Crippen LogP contribution is 2.22. The lowest BCUT2D eigenvalue weighted by atomic mass is 10.0. The zero-order valence-electron chi connectivity index (χ0n) is 11.5. The average Bonchev–Trinajstić information content (AvgIpc) is 2.46. The van der Waals surface area contributed by atoms with Gasteiger partial charge in [0.15, 0.2) is 0 Å². The monoisotopic (exact) mass is 378 g/mol. The molecule has 0 aromatic heterocycles. The Morgan fingerprint density at radius 2 is 1.77 bits per heavy atom. The Hall–Kier alpha value is -1.57. The number of nitrogens with one attached hydrogen (secondary N) is 1. The molecule has 4 nitrogen and oxygen atoms in total. The zero-order chi connectivity index (χ0) is 16.3. The van der Waals surface area contributed by atoms with Crippen LogP contribution in [0.1, 0.15) is 23.2 Å². The molecule has 22 heavy (non-hydrogen) atoms. The molecule has 0 radical (unpaired) electrons. The molecule has 0 unspecified atom stereocenters. The minimum absolute atomic E-state index is 0.0146. The molecule has 2 amide bonds. The third-order valence-corrected chi connectivity index (χ3v) is 4.17. The second-order valence-electron chi connectivity index (χ2n) is 5.02. The van der Waals surface area contributed by atoms with Crippen LogP contribution in [0.3, 0.4) is 0 Å². The van der Waals surface area contributed by atoms with Crippen molar-refractivity contribution in [1.82, 2.24) is 10.2 Å². The summed E-state index contributed by atoms with van der Waals surface area (Å²) in [6.07, 6.45) is -4.24. The SMILES string of the molecule is O=C(NC1CCN(C(=O)C(F)(F)F)CC1)c1ccccc1Br. The van der Waals surface area contributed by atoms with Crippen molar-refractivity contribution in [2.75, 3.05) is 13.1 Å². The van der Waals surface area contributed by atoms with Crippen LogP contribution in [0.4, 0.5) is 13.2 Å². The highest BCUT2D eigenvalue weighted by atomic mass is 79.9. The van der Waals surface area contributed by atoms with Gasteiger partial charge in [0.2, 0.25) is 0 Å². The molecule has 2 rings (SSSR count). The van der Waals surface area contributed by atoms with Gasteiger partial charge in [0.25, 0.3) is 5.91 Å². The minimum Gasteiger partial charge on any atom is -0.349 e. The first kappa shape index (κ1) is 16.8. The summed E-state index contributed by atoms with van der Waals surface area (Å²) in [5.74, 6) is -2.10. The van der Waals surface area contributed by atoms with Crippen LogP contribution in [0.2, 0.25) is 0 Å². The minimum atomic E-state index is -4.84. The summed E-state index contributed by atoms with van der Waals surface area (Å²) in [5, 5.41) is 2.79. The number of likely N-dealkylation sites (tertiary alicyclic amines) is 1. The molecule has 1 saturated heterocycles. The molecule has 0 atom stereocenters. The molecule has 0 saturated carbocycles. The molecule has 1 aliphatic rings. The Kier molecular flexibility index (Phi) is 5.10. The molecule has 1 fully saturated rings. The number of piperidine rings is 1. The Morgan fingerprint density at radius 1 is 1.18 bits per heavy atom. The standard InChI is InChI=1S/C14H14BrF3N2O2/c15-11-4-2-1-3-10(11)12(21)19-9-5-7-20(8-6-9)13(22)14(16,17)18/h1-4,9H,5-8H2,(H,19,21). The lowest BCUT2D eigenvalue weighted by Gasteiger charge is -2.32. The number of carbonyl (C=O) groups excluding carboxylic acids is 2. The topological polar surface area (TPSA) is 49.4 Å². The number of amides is 2. The predicted molar refractivity (Wildman–Crippen MR) is 77.3 cm³/mol. The molecule has 1 aliphatic heterocycles. The predicted octanol–water partition coefficient (Wildman–Crippen LogP) is 2.73. The Balaban J connectivity index is 1.89. The maximum absolute atomic E-state index is 12.3. The Morgan fingerprint density at radius 3 is 2.32 bits per heavy atom. The first-order valence-corrected chi connectivity index (χ1v) is 7.50. The van der Waals surface area contributed by atoms with E-state index in [1.165, 1.54) is 0 Å². The quantitative estimate of drug-likeness (QED) is 0.859. The number of alkyl halides is 3. The van der Waals surface area contributed by atoms with E-state index < -0.39 is 12.1 Å². The summed E-state index contributed by atoms with van der Waals surface area (Å²) >= 11 is 3.27. The lowest BCUT2D eigenvalue weighted by Crippen LogP contribution is -2.50. The molecule has 8 heteroatoms. The molecule has 1 aromatic rings. The van der Waals surface area contributed by atoms with E-state index in [2.05, 4.69) is 21.2 Å². The molecule has 0 bridgehead atoms. The van der Waals surface area contributed by atoms with E-state index >= 15 is 0 Å². The van der Waals surface area contributed by atoms with Crippen LogP contribution < -0.4 is 5.32 Å². The van der Waals surface area contributed by atoms with Gasteiger partial charge in [-0.05, 0) is 40.9 Å². The highest BCUT2D eigenvalue weighted by Gasteiger charge is 2.43. The van der Waals surface area contributed by atoms with Gasteiger partial charge in [-0.3, -0.25) is 9.59 Å². The van der Waals surface area contributed by atoms with Gasteiger partial charge < -0.3 is 10.2 Å². The number of halogens is 4. The van der Waals surface area contributed by atoms with Crippen molar-refractivity contribution in [2.45, 2.75) is 25.1 Å². The van der Waals surface area contributed by atoms with Gasteiger partial charge in [-0.2, -0.15) is 13.2 Å². The fraction of sp³-hybridized carbons (Fsp3) is 0.429. The fourth-order valence-electron chi connectivity index (χ4n) is 2.31. The summed E-state index contributed by atoms with van der Waals surface area (Å²) in [5.41, 5.74) is 0.469. The molecule has 1 N–H and O–H groups in total.